The SMILES string of the molecule is CNc1ccc(CSC)cc1-c1cc(C)c2c(=O)[nH]ccn12. The van der Waals surface area contributed by atoms with Gasteiger partial charge >= 0.3 is 0 Å². The number of rotatable bonds is 4. The van der Waals surface area contributed by atoms with E-state index in [4.69, 9.17) is 0 Å². The molecule has 0 fully saturated rings. The topological polar surface area (TPSA) is 49.3 Å². The highest BCUT2D eigenvalue weighted by Gasteiger charge is 2.14. The number of H-pyrrole nitrogens is 1. The fourth-order valence-corrected chi connectivity index (χ4v) is 3.35. The highest BCUT2D eigenvalue weighted by atomic mass is 32.2. The summed E-state index contributed by atoms with van der Waals surface area (Å²) in [6.45, 7) is 1.97. The zero-order chi connectivity index (χ0) is 15.7. The molecule has 4 nitrogen and oxygen atoms in total. The smallest absolute Gasteiger partial charge is 0.272 e. The number of benzene rings is 1. The van der Waals surface area contributed by atoms with E-state index in [2.05, 4.69) is 40.8 Å². The van der Waals surface area contributed by atoms with Crippen molar-refractivity contribution in [1.29, 1.82) is 0 Å². The van der Waals surface area contributed by atoms with Crippen LogP contribution < -0.4 is 10.9 Å². The molecule has 0 aliphatic heterocycles. The largest absolute Gasteiger partial charge is 0.388 e. The molecule has 0 unspecified atom stereocenters. The van der Waals surface area contributed by atoms with E-state index in [1.165, 1.54) is 5.56 Å². The molecule has 0 atom stereocenters. The van der Waals surface area contributed by atoms with E-state index in [9.17, 15) is 4.79 Å². The Morgan fingerprint density at radius 2 is 2.14 bits per heavy atom. The highest BCUT2D eigenvalue weighted by molar-refractivity contribution is 7.97. The van der Waals surface area contributed by atoms with E-state index in [0.717, 1.165) is 28.3 Å². The molecule has 22 heavy (non-hydrogen) atoms. The lowest BCUT2D eigenvalue weighted by atomic mass is 10.1. The van der Waals surface area contributed by atoms with Gasteiger partial charge in [0, 0.05) is 36.4 Å². The minimum absolute atomic E-state index is 0.0578. The van der Waals surface area contributed by atoms with Gasteiger partial charge in [-0.25, -0.2) is 0 Å². The second-order valence-electron chi connectivity index (χ2n) is 5.28. The summed E-state index contributed by atoms with van der Waals surface area (Å²) in [6, 6.07) is 8.51. The maximum atomic E-state index is 12.1. The molecular weight excluding hydrogens is 294 g/mol. The van der Waals surface area contributed by atoms with E-state index in [0.29, 0.717) is 5.52 Å². The molecule has 0 spiro atoms. The fraction of sp³-hybridized carbons (Fsp3) is 0.235. The molecule has 1 aromatic carbocycles. The molecule has 0 radical (unpaired) electrons. The van der Waals surface area contributed by atoms with E-state index in [1.807, 2.05) is 24.6 Å². The Bertz CT molecular complexity index is 879. The zero-order valence-corrected chi connectivity index (χ0v) is 13.8. The van der Waals surface area contributed by atoms with Crippen LogP contribution >= 0.6 is 11.8 Å². The van der Waals surface area contributed by atoms with Crippen molar-refractivity contribution in [2.75, 3.05) is 18.6 Å². The molecular formula is C17H19N3OS. The Morgan fingerprint density at radius 3 is 2.86 bits per heavy atom. The summed E-state index contributed by atoms with van der Waals surface area (Å²) in [7, 11) is 1.92. The molecule has 2 heterocycles. The van der Waals surface area contributed by atoms with Crippen molar-refractivity contribution in [3.05, 3.63) is 58.1 Å². The zero-order valence-electron chi connectivity index (χ0n) is 12.9. The Morgan fingerprint density at radius 1 is 1.32 bits per heavy atom. The normalized spacial score (nSPS) is 11.0. The highest BCUT2D eigenvalue weighted by Crippen LogP contribution is 2.32. The van der Waals surface area contributed by atoms with E-state index in [-0.39, 0.29) is 5.56 Å². The molecule has 3 rings (SSSR count). The maximum absolute atomic E-state index is 12.1. The van der Waals surface area contributed by atoms with Crippen LogP contribution in [0.1, 0.15) is 11.1 Å². The van der Waals surface area contributed by atoms with E-state index < -0.39 is 0 Å². The lowest BCUT2D eigenvalue weighted by Crippen LogP contribution is -2.09. The molecule has 0 aliphatic carbocycles. The second-order valence-corrected chi connectivity index (χ2v) is 6.15. The van der Waals surface area contributed by atoms with Gasteiger partial charge in [-0.05, 0) is 42.5 Å². The monoisotopic (exact) mass is 313 g/mol. The van der Waals surface area contributed by atoms with Crippen LogP contribution in [0.25, 0.3) is 16.8 Å². The fourth-order valence-electron chi connectivity index (χ4n) is 2.84. The Balaban J connectivity index is 2.29. The van der Waals surface area contributed by atoms with Crippen LogP contribution in [0.2, 0.25) is 0 Å². The van der Waals surface area contributed by atoms with Crippen LogP contribution in [0.3, 0.4) is 0 Å². The van der Waals surface area contributed by atoms with Crippen molar-refractivity contribution in [2.24, 2.45) is 0 Å². The van der Waals surface area contributed by atoms with Crippen molar-refractivity contribution in [2.45, 2.75) is 12.7 Å². The number of hydrogen-bond acceptors (Lipinski definition) is 3. The molecule has 114 valence electrons. The number of thioether (sulfide) groups is 1. The van der Waals surface area contributed by atoms with Crippen LogP contribution in [-0.4, -0.2) is 22.7 Å². The lowest BCUT2D eigenvalue weighted by molar-refractivity contribution is 1.10. The molecule has 0 bridgehead atoms. The summed E-state index contributed by atoms with van der Waals surface area (Å²) in [5, 5.41) is 3.25. The van der Waals surface area contributed by atoms with Gasteiger partial charge in [-0.3, -0.25) is 4.79 Å². The number of fused-ring (bicyclic) bond motifs is 1. The first-order chi connectivity index (χ1) is 10.7. The van der Waals surface area contributed by atoms with Crippen LogP contribution in [0, 0.1) is 6.92 Å². The first-order valence-corrected chi connectivity index (χ1v) is 8.54. The van der Waals surface area contributed by atoms with Gasteiger partial charge in [-0.15, -0.1) is 0 Å². The predicted molar refractivity (Wildman–Crippen MR) is 95.0 cm³/mol. The third kappa shape index (κ3) is 2.41. The lowest BCUT2D eigenvalue weighted by Gasteiger charge is -2.11. The van der Waals surface area contributed by atoms with Crippen molar-refractivity contribution >= 4 is 23.0 Å². The van der Waals surface area contributed by atoms with Gasteiger partial charge in [0.15, 0.2) is 0 Å². The second kappa shape index (κ2) is 5.93. The Hall–Kier alpha value is -2.14. The summed E-state index contributed by atoms with van der Waals surface area (Å²) in [5.41, 5.74) is 6.11. The van der Waals surface area contributed by atoms with Crippen LogP contribution in [-0.2, 0) is 5.75 Å². The van der Waals surface area contributed by atoms with Crippen molar-refractivity contribution < 1.29 is 0 Å². The van der Waals surface area contributed by atoms with Gasteiger partial charge in [0.1, 0.15) is 5.52 Å². The maximum Gasteiger partial charge on any atom is 0.272 e. The average Bonchev–Trinajstić information content (AvgIpc) is 2.86. The van der Waals surface area contributed by atoms with Crippen LogP contribution in [0.5, 0.6) is 0 Å². The first kappa shape index (κ1) is 14.8. The number of aromatic nitrogens is 2. The van der Waals surface area contributed by atoms with E-state index in [1.54, 1.807) is 18.0 Å². The number of anilines is 1. The molecule has 5 heteroatoms. The summed E-state index contributed by atoms with van der Waals surface area (Å²) in [5.74, 6) is 0.972. The first-order valence-electron chi connectivity index (χ1n) is 7.15. The van der Waals surface area contributed by atoms with Gasteiger partial charge in [0.05, 0.1) is 5.69 Å². The standard InChI is InChI=1S/C17H19N3OS/c1-11-8-15(20-7-6-19-17(21)16(11)20)13-9-12(10-22-3)4-5-14(13)18-2/h4-9,18H,10H2,1-3H3,(H,19,21). The molecule has 0 aliphatic rings. The number of hydrogen-bond donors (Lipinski definition) is 2. The Labute approximate surface area is 133 Å². The minimum atomic E-state index is -0.0578. The van der Waals surface area contributed by atoms with Crippen molar-refractivity contribution in [1.82, 2.24) is 9.38 Å². The number of nitrogens with zero attached hydrogens (tertiary/aromatic N) is 1. The minimum Gasteiger partial charge on any atom is -0.388 e. The average molecular weight is 313 g/mol. The van der Waals surface area contributed by atoms with E-state index >= 15 is 0 Å². The molecule has 3 aromatic rings. The van der Waals surface area contributed by atoms with Gasteiger partial charge in [0.2, 0.25) is 0 Å². The van der Waals surface area contributed by atoms with Gasteiger partial charge in [-0.1, -0.05) is 6.07 Å². The summed E-state index contributed by atoms with van der Waals surface area (Å²) < 4.78 is 1.97. The molecule has 2 N–H and O–H groups in total. The summed E-state index contributed by atoms with van der Waals surface area (Å²) >= 11 is 1.80. The summed E-state index contributed by atoms with van der Waals surface area (Å²) in [6.07, 6.45) is 5.69. The van der Waals surface area contributed by atoms with Crippen molar-refractivity contribution in [3.63, 3.8) is 0 Å². The third-order valence-corrected chi connectivity index (χ3v) is 4.44. The number of aryl methyl sites for hydroxylation is 1. The number of nitrogens with one attached hydrogen (secondary N) is 2. The summed E-state index contributed by atoms with van der Waals surface area (Å²) in [4.78, 5) is 14.8. The molecule has 0 saturated heterocycles. The quantitative estimate of drug-likeness (QED) is 0.775. The van der Waals surface area contributed by atoms with Crippen LogP contribution in [0.4, 0.5) is 5.69 Å². The van der Waals surface area contributed by atoms with Gasteiger partial charge in [-0.2, -0.15) is 11.8 Å². The third-order valence-electron chi connectivity index (χ3n) is 3.82. The molecule has 2 aromatic heterocycles. The molecule has 0 saturated carbocycles. The Kier molecular flexibility index (Phi) is 3.98. The van der Waals surface area contributed by atoms with Crippen LogP contribution in [0.15, 0.2) is 41.5 Å². The van der Waals surface area contributed by atoms with Gasteiger partial charge in [0.25, 0.3) is 5.56 Å². The molecule has 0 amide bonds. The van der Waals surface area contributed by atoms with Crippen molar-refractivity contribution in [3.8, 4) is 11.3 Å². The number of aromatic amines is 1. The van der Waals surface area contributed by atoms with Gasteiger partial charge < -0.3 is 14.7 Å². The predicted octanol–water partition coefficient (Wildman–Crippen LogP) is 3.51.